The van der Waals surface area contributed by atoms with E-state index in [0.29, 0.717) is 29.4 Å². The van der Waals surface area contributed by atoms with Crippen LogP contribution in [0.3, 0.4) is 0 Å². The maximum Gasteiger partial charge on any atom is 0.240 e. The maximum absolute atomic E-state index is 12.4. The van der Waals surface area contributed by atoms with E-state index in [1.807, 2.05) is 30.5 Å². The van der Waals surface area contributed by atoms with Crippen LogP contribution in [0.1, 0.15) is 12.5 Å². The number of aromatic nitrogens is 1. The van der Waals surface area contributed by atoms with Crippen molar-refractivity contribution in [2.75, 3.05) is 25.1 Å². The van der Waals surface area contributed by atoms with Gasteiger partial charge in [-0.25, -0.2) is 0 Å². The van der Waals surface area contributed by atoms with Crippen molar-refractivity contribution in [3.05, 3.63) is 59.2 Å². The van der Waals surface area contributed by atoms with Gasteiger partial charge in [-0.15, -0.1) is 0 Å². The molecule has 2 amide bonds. The van der Waals surface area contributed by atoms with Gasteiger partial charge in [0.2, 0.25) is 11.8 Å². The SMILES string of the molecule is COc1ccc(N(CC(=O)NCCc2c[nH]c3ccccc23)C(C)=O)cc1Cl. The summed E-state index contributed by atoms with van der Waals surface area (Å²) in [5.41, 5.74) is 2.76. The van der Waals surface area contributed by atoms with E-state index in [1.165, 1.54) is 18.9 Å². The first-order valence-electron chi connectivity index (χ1n) is 8.93. The number of rotatable bonds is 7. The Bertz CT molecular complexity index is 999. The molecule has 0 unspecified atom stereocenters. The number of halogens is 1. The van der Waals surface area contributed by atoms with E-state index < -0.39 is 0 Å². The smallest absolute Gasteiger partial charge is 0.240 e. The minimum Gasteiger partial charge on any atom is -0.495 e. The van der Waals surface area contributed by atoms with E-state index in [2.05, 4.69) is 10.3 Å². The van der Waals surface area contributed by atoms with Gasteiger partial charge in [-0.05, 0) is 36.2 Å². The number of hydrogen-bond donors (Lipinski definition) is 2. The second-order valence-corrected chi connectivity index (χ2v) is 6.79. The molecule has 0 bridgehead atoms. The molecule has 3 rings (SSSR count). The lowest BCUT2D eigenvalue weighted by molar-refractivity contribution is -0.123. The molecule has 1 heterocycles. The van der Waals surface area contributed by atoms with Crippen molar-refractivity contribution in [3.63, 3.8) is 0 Å². The number of para-hydroxylation sites is 1. The highest BCUT2D eigenvalue weighted by atomic mass is 35.5. The van der Waals surface area contributed by atoms with Crippen molar-refractivity contribution in [3.8, 4) is 5.75 Å². The molecule has 0 radical (unpaired) electrons. The van der Waals surface area contributed by atoms with E-state index in [4.69, 9.17) is 16.3 Å². The molecule has 0 spiro atoms. The minimum absolute atomic E-state index is 0.0775. The Hall–Kier alpha value is -2.99. The molecular formula is C21H22ClN3O3. The fraction of sp³-hybridized carbons (Fsp3) is 0.238. The number of fused-ring (bicyclic) bond motifs is 1. The standard InChI is InChI=1S/C21H22ClN3O3/c1-14(26)25(16-7-8-20(28-2)18(22)11-16)13-21(27)23-10-9-15-12-24-19-6-4-3-5-17(15)19/h3-8,11-12,24H,9-10,13H2,1-2H3,(H,23,27). The van der Waals surface area contributed by atoms with Crippen molar-refractivity contribution >= 4 is 40.0 Å². The predicted molar refractivity (Wildman–Crippen MR) is 111 cm³/mol. The molecule has 146 valence electrons. The summed E-state index contributed by atoms with van der Waals surface area (Å²) in [6.45, 7) is 1.82. The molecule has 2 aromatic carbocycles. The van der Waals surface area contributed by atoms with Gasteiger partial charge in [0.05, 0.1) is 12.1 Å². The Morgan fingerprint density at radius 3 is 2.71 bits per heavy atom. The summed E-state index contributed by atoms with van der Waals surface area (Å²) in [6, 6.07) is 13.0. The highest BCUT2D eigenvalue weighted by Crippen LogP contribution is 2.29. The van der Waals surface area contributed by atoms with Gasteiger partial charge in [0, 0.05) is 36.3 Å². The zero-order valence-electron chi connectivity index (χ0n) is 15.8. The van der Waals surface area contributed by atoms with Crippen LogP contribution in [0.4, 0.5) is 5.69 Å². The lowest BCUT2D eigenvalue weighted by Gasteiger charge is -2.21. The number of nitrogens with zero attached hydrogens (tertiary/aromatic N) is 1. The summed E-state index contributed by atoms with van der Waals surface area (Å²) in [7, 11) is 1.52. The zero-order valence-corrected chi connectivity index (χ0v) is 16.5. The van der Waals surface area contributed by atoms with E-state index >= 15 is 0 Å². The van der Waals surface area contributed by atoms with E-state index in [-0.39, 0.29) is 18.4 Å². The molecule has 7 heteroatoms. The van der Waals surface area contributed by atoms with Crippen molar-refractivity contribution in [1.29, 1.82) is 0 Å². The maximum atomic E-state index is 12.4. The van der Waals surface area contributed by atoms with Crippen molar-refractivity contribution < 1.29 is 14.3 Å². The number of hydrogen-bond acceptors (Lipinski definition) is 3. The molecule has 2 N–H and O–H groups in total. The number of anilines is 1. The Balaban J connectivity index is 1.60. The van der Waals surface area contributed by atoms with E-state index in [9.17, 15) is 9.59 Å². The van der Waals surface area contributed by atoms with Gasteiger partial charge in [0.15, 0.2) is 0 Å². The number of ether oxygens (including phenoxy) is 1. The minimum atomic E-state index is -0.243. The third kappa shape index (κ3) is 4.46. The number of H-pyrrole nitrogens is 1. The Morgan fingerprint density at radius 1 is 1.21 bits per heavy atom. The van der Waals surface area contributed by atoms with Gasteiger partial charge in [-0.2, -0.15) is 0 Å². The Kier molecular flexibility index (Phi) is 6.21. The number of methoxy groups -OCH3 is 1. The van der Waals surface area contributed by atoms with Crippen LogP contribution in [0.25, 0.3) is 10.9 Å². The average Bonchev–Trinajstić information content (AvgIpc) is 3.09. The zero-order chi connectivity index (χ0) is 20.1. The van der Waals surface area contributed by atoms with E-state index in [1.54, 1.807) is 18.2 Å². The number of amides is 2. The molecule has 0 saturated heterocycles. The Labute approximate surface area is 168 Å². The average molecular weight is 400 g/mol. The summed E-state index contributed by atoms with van der Waals surface area (Å²) >= 11 is 6.14. The molecule has 6 nitrogen and oxygen atoms in total. The molecule has 0 atom stereocenters. The molecule has 0 aliphatic rings. The van der Waals surface area contributed by atoms with Crippen LogP contribution < -0.4 is 15.0 Å². The molecule has 0 fully saturated rings. The Morgan fingerprint density at radius 2 is 2.00 bits per heavy atom. The second-order valence-electron chi connectivity index (χ2n) is 6.38. The number of benzene rings is 2. The highest BCUT2D eigenvalue weighted by molar-refractivity contribution is 6.32. The van der Waals surface area contributed by atoms with Crippen molar-refractivity contribution in [1.82, 2.24) is 10.3 Å². The van der Waals surface area contributed by atoms with Crippen LogP contribution in [0.2, 0.25) is 5.02 Å². The quantitative estimate of drug-likeness (QED) is 0.638. The summed E-state index contributed by atoms with van der Waals surface area (Å²) in [5.74, 6) is 0.0343. The number of aromatic amines is 1. The molecule has 1 aromatic heterocycles. The topological polar surface area (TPSA) is 74.4 Å². The predicted octanol–water partition coefficient (Wildman–Crippen LogP) is 3.54. The monoisotopic (exact) mass is 399 g/mol. The van der Waals surface area contributed by atoms with Crippen molar-refractivity contribution in [2.24, 2.45) is 0 Å². The van der Waals surface area contributed by atoms with Gasteiger partial charge in [0.1, 0.15) is 12.3 Å². The van der Waals surface area contributed by atoms with Crippen LogP contribution in [0, 0.1) is 0 Å². The largest absolute Gasteiger partial charge is 0.495 e. The fourth-order valence-electron chi connectivity index (χ4n) is 3.08. The number of carbonyl (C=O) groups excluding carboxylic acids is 2. The summed E-state index contributed by atoms with van der Waals surface area (Å²) < 4.78 is 5.12. The first-order chi connectivity index (χ1) is 13.5. The first kappa shape index (κ1) is 19.8. The molecular weight excluding hydrogens is 378 g/mol. The number of nitrogens with one attached hydrogen (secondary N) is 2. The lowest BCUT2D eigenvalue weighted by atomic mass is 10.1. The van der Waals surface area contributed by atoms with Gasteiger partial charge >= 0.3 is 0 Å². The van der Waals surface area contributed by atoms with Gasteiger partial charge < -0.3 is 19.9 Å². The highest BCUT2D eigenvalue weighted by Gasteiger charge is 2.17. The van der Waals surface area contributed by atoms with Crippen molar-refractivity contribution in [2.45, 2.75) is 13.3 Å². The summed E-state index contributed by atoms with van der Waals surface area (Å²) in [5, 5.41) is 4.40. The van der Waals surface area contributed by atoms with Crippen LogP contribution >= 0.6 is 11.6 Å². The molecule has 0 aliphatic carbocycles. The van der Waals surface area contributed by atoms with E-state index in [0.717, 1.165) is 16.5 Å². The molecule has 0 aliphatic heterocycles. The van der Waals surface area contributed by atoms with Gasteiger partial charge in [-0.1, -0.05) is 29.8 Å². The van der Waals surface area contributed by atoms with Crippen LogP contribution in [0.5, 0.6) is 5.75 Å². The molecule has 3 aromatic rings. The lowest BCUT2D eigenvalue weighted by Crippen LogP contribution is -2.40. The first-order valence-corrected chi connectivity index (χ1v) is 9.30. The van der Waals surface area contributed by atoms with Crippen LogP contribution in [-0.4, -0.2) is 37.0 Å². The van der Waals surface area contributed by atoms with Crippen LogP contribution in [0.15, 0.2) is 48.7 Å². The second kappa shape index (κ2) is 8.80. The van der Waals surface area contributed by atoms with Gasteiger partial charge in [0.25, 0.3) is 0 Å². The fourth-order valence-corrected chi connectivity index (χ4v) is 3.33. The van der Waals surface area contributed by atoms with Gasteiger partial charge in [-0.3, -0.25) is 9.59 Å². The van der Waals surface area contributed by atoms with Crippen LogP contribution in [-0.2, 0) is 16.0 Å². The normalized spacial score (nSPS) is 10.7. The third-order valence-electron chi connectivity index (χ3n) is 4.52. The summed E-state index contributed by atoms with van der Waals surface area (Å²) in [4.78, 5) is 29.0. The molecule has 0 saturated carbocycles. The third-order valence-corrected chi connectivity index (χ3v) is 4.82. The number of carbonyl (C=O) groups is 2. The molecule has 28 heavy (non-hydrogen) atoms. The summed E-state index contributed by atoms with van der Waals surface area (Å²) in [6.07, 6.45) is 2.65.